The number of nitrogens with one attached hydrogen (secondary N) is 2. The number of amides is 2. The summed E-state index contributed by atoms with van der Waals surface area (Å²) in [5, 5.41) is 3.49. The van der Waals surface area contributed by atoms with Gasteiger partial charge in [-0.25, -0.2) is 12.8 Å². The number of likely N-dealkylation sites (N-methyl/N-ethyl adjacent to an activating group) is 1. The molecule has 10 heteroatoms. The Balaban J connectivity index is 2.11. The Morgan fingerprint density at radius 1 is 1.11 bits per heavy atom. The Labute approximate surface area is 162 Å². The fourth-order valence-electron chi connectivity index (χ4n) is 2.37. The summed E-state index contributed by atoms with van der Waals surface area (Å²) in [6, 6.07) is 7.30. The van der Waals surface area contributed by atoms with Gasteiger partial charge in [0.05, 0.1) is 11.2 Å². The highest BCUT2D eigenvalue weighted by atomic mass is 32.2. The molecule has 0 radical (unpaired) electrons. The maximum atomic E-state index is 13.1. The monoisotopic (exact) mass is 411 g/mol. The molecule has 0 unspecified atom stereocenters. The molecule has 1 heterocycles. The van der Waals surface area contributed by atoms with Crippen LogP contribution >= 0.6 is 0 Å². The quantitative estimate of drug-likeness (QED) is 0.490. The molecule has 28 heavy (non-hydrogen) atoms. The van der Waals surface area contributed by atoms with Crippen molar-refractivity contribution in [3.8, 4) is 0 Å². The van der Waals surface area contributed by atoms with Crippen molar-refractivity contribution in [2.45, 2.75) is 10.1 Å². The SMILES string of the molecule is CN(C)CCNC(=O)C(=O)NC[C@H](c1ccco1)S(=O)(=O)c1ccc(F)cc1. The average molecular weight is 411 g/mol. The van der Waals surface area contributed by atoms with Crippen molar-refractivity contribution in [1.29, 1.82) is 0 Å². The van der Waals surface area contributed by atoms with Gasteiger partial charge in [0.25, 0.3) is 0 Å². The van der Waals surface area contributed by atoms with Gasteiger partial charge < -0.3 is 20.0 Å². The largest absolute Gasteiger partial charge is 0.468 e. The second-order valence-corrected chi connectivity index (χ2v) is 8.40. The highest BCUT2D eigenvalue weighted by Gasteiger charge is 2.32. The normalized spacial score (nSPS) is 12.6. The van der Waals surface area contributed by atoms with E-state index in [1.165, 1.54) is 18.4 Å². The number of sulfone groups is 1. The van der Waals surface area contributed by atoms with Gasteiger partial charge in [0.2, 0.25) is 0 Å². The van der Waals surface area contributed by atoms with Crippen LogP contribution in [0.15, 0.2) is 52.0 Å². The number of furan rings is 1. The van der Waals surface area contributed by atoms with E-state index < -0.39 is 32.7 Å². The molecule has 0 saturated carbocycles. The molecule has 1 aromatic carbocycles. The third-order valence-corrected chi connectivity index (χ3v) is 5.95. The summed E-state index contributed by atoms with van der Waals surface area (Å²) in [4.78, 5) is 25.5. The molecule has 0 aliphatic heterocycles. The lowest BCUT2D eigenvalue weighted by atomic mass is 10.3. The Kier molecular flexibility index (Phi) is 7.30. The van der Waals surface area contributed by atoms with Crippen molar-refractivity contribution in [3.63, 3.8) is 0 Å². The number of hydrogen-bond donors (Lipinski definition) is 2. The van der Waals surface area contributed by atoms with Gasteiger partial charge >= 0.3 is 11.8 Å². The molecular formula is C18H22FN3O5S. The molecule has 0 aliphatic rings. The van der Waals surface area contributed by atoms with Crippen molar-refractivity contribution in [1.82, 2.24) is 15.5 Å². The van der Waals surface area contributed by atoms with Crippen LogP contribution in [0.1, 0.15) is 11.0 Å². The smallest absolute Gasteiger partial charge is 0.309 e. The maximum Gasteiger partial charge on any atom is 0.309 e. The molecule has 152 valence electrons. The predicted octanol–water partition coefficient (Wildman–Crippen LogP) is 0.728. The van der Waals surface area contributed by atoms with Gasteiger partial charge in [-0.2, -0.15) is 0 Å². The van der Waals surface area contributed by atoms with Crippen LogP contribution in [0.5, 0.6) is 0 Å². The van der Waals surface area contributed by atoms with E-state index in [1.54, 1.807) is 0 Å². The lowest BCUT2D eigenvalue weighted by molar-refractivity contribution is -0.139. The van der Waals surface area contributed by atoms with Crippen LogP contribution in [0, 0.1) is 5.82 Å². The highest BCUT2D eigenvalue weighted by molar-refractivity contribution is 7.91. The van der Waals surface area contributed by atoms with Crippen molar-refractivity contribution in [2.75, 3.05) is 33.7 Å². The molecule has 0 saturated heterocycles. The first-order valence-corrected chi connectivity index (χ1v) is 10.00. The van der Waals surface area contributed by atoms with Crippen LogP contribution in [-0.2, 0) is 19.4 Å². The fraction of sp³-hybridized carbons (Fsp3) is 0.333. The molecule has 0 aliphatic carbocycles. The first kappa shape index (κ1) is 21.6. The van der Waals surface area contributed by atoms with Crippen molar-refractivity contribution in [2.24, 2.45) is 0 Å². The summed E-state index contributed by atoms with van der Waals surface area (Å²) in [6.07, 6.45) is 1.30. The standard InChI is InChI=1S/C18H22FN3O5S/c1-22(2)10-9-20-17(23)18(24)21-12-16(15-4-3-11-27-15)28(25,26)14-7-5-13(19)6-8-14/h3-8,11,16H,9-10,12H2,1-2H3,(H,20,23)(H,21,24)/t16-/m1/s1. The summed E-state index contributed by atoms with van der Waals surface area (Å²) >= 11 is 0. The van der Waals surface area contributed by atoms with E-state index >= 15 is 0 Å². The minimum Gasteiger partial charge on any atom is -0.468 e. The maximum absolute atomic E-state index is 13.1. The summed E-state index contributed by atoms with van der Waals surface area (Å²) in [7, 11) is -0.364. The number of nitrogens with zero attached hydrogens (tertiary/aromatic N) is 1. The Bertz CT molecular complexity index is 896. The second kappa shape index (κ2) is 9.47. The van der Waals surface area contributed by atoms with Gasteiger partial charge in [-0.1, -0.05) is 0 Å². The topological polar surface area (TPSA) is 109 Å². The third-order valence-electron chi connectivity index (χ3n) is 3.88. The number of halogens is 1. The Morgan fingerprint density at radius 3 is 2.32 bits per heavy atom. The van der Waals surface area contributed by atoms with Gasteiger partial charge in [0.1, 0.15) is 16.8 Å². The molecular weight excluding hydrogens is 389 g/mol. The van der Waals surface area contributed by atoms with Gasteiger partial charge in [0.15, 0.2) is 9.84 Å². The molecule has 0 fully saturated rings. The molecule has 2 aromatic rings. The van der Waals surface area contributed by atoms with E-state index in [2.05, 4.69) is 10.6 Å². The number of carbonyl (C=O) groups excluding carboxylic acids is 2. The van der Waals surface area contributed by atoms with Gasteiger partial charge in [-0.3, -0.25) is 9.59 Å². The van der Waals surface area contributed by atoms with E-state index in [9.17, 15) is 22.4 Å². The van der Waals surface area contributed by atoms with E-state index in [1.807, 2.05) is 19.0 Å². The minimum atomic E-state index is -4.00. The molecule has 2 rings (SSSR count). The zero-order valence-corrected chi connectivity index (χ0v) is 16.3. The number of rotatable bonds is 8. The second-order valence-electron chi connectivity index (χ2n) is 6.27. The Hall–Kier alpha value is -2.72. The minimum absolute atomic E-state index is 0.0950. The molecule has 2 amide bonds. The van der Waals surface area contributed by atoms with Crippen molar-refractivity contribution in [3.05, 3.63) is 54.2 Å². The zero-order chi connectivity index (χ0) is 20.7. The van der Waals surface area contributed by atoms with Crippen LogP contribution in [0.4, 0.5) is 4.39 Å². The third kappa shape index (κ3) is 5.64. The fourth-order valence-corrected chi connectivity index (χ4v) is 3.95. The van der Waals surface area contributed by atoms with E-state index in [-0.39, 0.29) is 23.7 Å². The van der Waals surface area contributed by atoms with Crippen LogP contribution in [0.2, 0.25) is 0 Å². The number of hydrogen-bond acceptors (Lipinski definition) is 6. The Morgan fingerprint density at radius 2 is 1.75 bits per heavy atom. The summed E-state index contributed by atoms with van der Waals surface area (Å²) in [5.74, 6) is -2.29. The van der Waals surface area contributed by atoms with E-state index in [4.69, 9.17) is 4.42 Å². The molecule has 0 spiro atoms. The average Bonchev–Trinajstić information content (AvgIpc) is 3.15. The predicted molar refractivity (Wildman–Crippen MR) is 99.6 cm³/mol. The molecule has 8 nitrogen and oxygen atoms in total. The summed E-state index contributed by atoms with van der Waals surface area (Å²) in [5.41, 5.74) is 0. The van der Waals surface area contributed by atoms with E-state index in [0.717, 1.165) is 24.3 Å². The van der Waals surface area contributed by atoms with E-state index in [0.29, 0.717) is 6.54 Å². The first-order chi connectivity index (χ1) is 13.2. The van der Waals surface area contributed by atoms with Crippen LogP contribution < -0.4 is 10.6 Å². The molecule has 0 bridgehead atoms. The molecule has 2 N–H and O–H groups in total. The van der Waals surface area contributed by atoms with Gasteiger partial charge in [0, 0.05) is 19.6 Å². The van der Waals surface area contributed by atoms with Gasteiger partial charge in [-0.05, 0) is 50.5 Å². The summed E-state index contributed by atoms with van der Waals surface area (Å²) in [6.45, 7) is 0.439. The van der Waals surface area contributed by atoms with Crippen molar-refractivity contribution < 1.29 is 26.8 Å². The first-order valence-electron chi connectivity index (χ1n) is 8.45. The summed E-state index contributed by atoms with van der Waals surface area (Å²) < 4.78 is 44.2. The van der Waals surface area contributed by atoms with Crippen LogP contribution in [0.25, 0.3) is 0 Å². The highest BCUT2D eigenvalue weighted by Crippen LogP contribution is 2.29. The van der Waals surface area contributed by atoms with Crippen LogP contribution in [-0.4, -0.2) is 58.9 Å². The number of carbonyl (C=O) groups is 2. The molecule has 1 atom stereocenters. The lowest BCUT2D eigenvalue weighted by Crippen LogP contribution is -2.43. The zero-order valence-electron chi connectivity index (χ0n) is 15.5. The molecule has 1 aromatic heterocycles. The van der Waals surface area contributed by atoms with Crippen LogP contribution in [0.3, 0.4) is 0 Å². The van der Waals surface area contributed by atoms with Crippen molar-refractivity contribution >= 4 is 21.7 Å². The van der Waals surface area contributed by atoms with Gasteiger partial charge in [-0.15, -0.1) is 0 Å². The number of benzene rings is 1. The lowest BCUT2D eigenvalue weighted by Gasteiger charge is -2.17.